The molecule has 0 aliphatic carbocycles. The lowest BCUT2D eigenvalue weighted by Crippen LogP contribution is -1.87. The maximum atomic E-state index is 13.6. The smallest absolute Gasteiger partial charge is 0.151 e. The average Bonchev–Trinajstić information content (AvgIpc) is 2.48. The summed E-state index contributed by atoms with van der Waals surface area (Å²) in [6, 6.07) is 14.0. The van der Waals surface area contributed by atoms with Crippen molar-refractivity contribution in [2.45, 2.75) is 0 Å². The highest BCUT2D eigenvalue weighted by Gasteiger charge is 2.06. The van der Waals surface area contributed by atoms with Crippen LogP contribution in [-0.4, -0.2) is 11.3 Å². The number of aromatic hydroxyl groups is 1. The van der Waals surface area contributed by atoms with Gasteiger partial charge in [0.05, 0.1) is 5.69 Å². The fourth-order valence-corrected chi connectivity index (χ4v) is 2.14. The molecule has 0 saturated carbocycles. The molecule has 4 heteroatoms. The van der Waals surface area contributed by atoms with Crippen molar-refractivity contribution in [3.8, 4) is 5.75 Å². The van der Waals surface area contributed by atoms with Gasteiger partial charge < -0.3 is 5.11 Å². The minimum absolute atomic E-state index is 0.0173. The molecule has 0 atom stereocenters. The van der Waals surface area contributed by atoms with E-state index in [0.717, 1.165) is 22.9 Å². The first-order chi connectivity index (χ1) is 10.1. The molecule has 0 unspecified atom stereocenters. The summed E-state index contributed by atoms with van der Waals surface area (Å²) in [4.78, 5) is 4.00. The number of rotatable bonds is 2. The van der Waals surface area contributed by atoms with Crippen LogP contribution in [0.2, 0.25) is 0 Å². The van der Waals surface area contributed by atoms with Crippen molar-refractivity contribution in [3.05, 3.63) is 71.8 Å². The van der Waals surface area contributed by atoms with E-state index in [9.17, 15) is 13.9 Å². The van der Waals surface area contributed by atoms with Crippen LogP contribution in [0.3, 0.4) is 0 Å². The van der Waals surface area contributed by atoms with Crippen LogP contribution < -0.4 is 0 Å². The van der Waals surface area contributed by atoms with Gasteiger partial charge in [-0.2, -0.15) is 0 Å². The largest absolute Gasteiger partial charge is 0.507 e. The van der Waals surface area contributed by atoms with Gasteiger partial charge in [-0.05, 0) is 29.0 Å². The van der Waals surface area contributed by atoms with Gasteiger partial charge >= 0.3 is 0 Å². The Hall–Kier alpha value is -2.75. The van der Waals surface area contributed by atoms with E-state index in [1.54, 1.807) is 12.1 Å². The second-order valence-electron chi connectivity index (χ2n) is 4.57. The summed E-state index contributed by atoms with van der Waals surface area (Å²) in [6.07, 6.45) is 1.38. The highest BCUT2D eigenvalue weighted by molar-refractivity contribution is 6.02. The lowest BCUT2D eigenvalue weighted by Gasteiger charge is -2.04. The van der Waals surface area contributed by atoms with Crippen LogP contribution >= 0.6 is 0 Å². The van der Waals surface area contributed by atoms with E-state index in [1.807, 2.05) is 24.3 Å². The lowest BCUT2D eigenvalue weighted by molar-refractivity contribution is 0.475. The SMILES string of the molecule is Oc1ccc2ccccc2c1C=Nc1ccc(F)cc1F. The molecule has 21 heavy (non-hydrogen) atoms. The number of fused-ring (bicyclic) bond motifs is 1. The van der Waals surface area contributed by atoms with E-state index >= 15 is 0 Å². The zero-order valence-electron chi connectivity index (χ0n) is 10.9. The number of halogens is 2. The van der Waals surface area contributed by atoms with Gasteiger partial charge in [0.1, 0.15) is 11.6 Å². The van der Waals surface area contributed by atoms with Crippen LogP contribution in [0.25, 0.3) is 10.8 Å². The van der Waals surface area contributed by atoms with Crippen molar-refractivity contribution in [3.63, 3.8) is 0 Å². The van der Waals surface area contributed by atoms with Crippen molar-refractivity contribution in [1.82, 2.24) is 0 Å². The predicted molar refractivity (Wildman–Crippen MR) is 79.2 cm³/mol. The fraction of sp³-hybridized carbons (Fsp3) is 0. The third kappa shape index (κ3) is 2.60. The quantitative estimate of drug-likeness (QED) is 0.686. The van der Waals surface area contributed by atoms with Gasteiger partial charge in [0.2, 0.25) is 0 Å². The number of phenolic OH excluding ortho intramolecular Hbond substituents is 1. The van der Waals surface area contributed by atoms with Gasteiger partial charge in [-0.3, -0.25) is 4.99 Å². The Kier molecular flexibility index (Phi) is 3.36. The topological polar surface area (TPSA) is 32.6 Å². The summed E-state index contributed by atoms with van der Waals surface area (Å²) in [5, 5.41) is 11.7. The molecule has 3 aromatic carbocycles. The first-order valence-electron chi connectivity index (χ1n) is 6.35. The summed E-state index contributed by atoms with van der Waals surface area (Å²) in [6.45, 7) is 0. The third-order valence-electron chi connectivity index (χ3n) is 3.19. The van der Waals surface area contributed by atoms with Gasteiger partial charge in [-0.1, -0.05) is 30.3 Å². The number of phenols is 1. The molecule has 104 valence electrons. The van der Waals surface area contributed by atoms with E-state index in [1.165, 1.54) is 12.3 Å². The van der Waals surface area contributed by atoms with Crippen LogP contribution in [0.4, 0.5) is 14.5 Å². The number of nitrogens with zero attached hydrogens (tertiary/aromatic N) is 1. The van der Waals surface area contributed by atoms with Crippen molar-refractivity contribution in [1.29, 1.82) is 0 Å². The minimum Gasteiger partial charge on any atom is -0.507 e. The highest BCUT2D eigenvalue weighted by atomic mass is 19.1. The molecule has 3 rings (SSSR count). The zero-order valence-corrected chi connectivity index (χ0v) is 10.9. The summed E-state index contributed by atoms with van der Waals surface area (Å²) in [5.74, 6) is -1.34. The van der Waals surface area contributed by atoms with E-state index in [0.29, 0.717) is 5.56 Å². The standard InChI is InChI=1S/C17H11F2NO/c18-12-6-7-16(15(19)9-12)20-10-14-13-4-2-1-3-11(13)5-8-17(14)21/h1-10,21H. The molecule has 0 aliphatic rings. The molecule has 3 aromatic rings. The van der Waals surface area contributed by atoms with E-state index in [-0.39, 0.29) is 11.4 Å². The van der Waals surface area contributed by atoms with E-state index < -0.39 is 11.6 Å². The first-order valence-corrected chi connectivity index (χ1v) is 6.35. The zero-order chi connectivity index (χ0) is 14.8. The number of benzene rings is 3. The summed E-state index contributed by atoms with van der Waals surface area (Å²) >= 11 is 0. The third-order valence-corrected chi connectivity index (χ3v) is 3.19. The molecule has 0 fully saturated rings. The molecule has 0 saturated heterocycles. The molecule has 0 aliphatic heterocycles. The van der Waals surface area contributed by atoms with Crippen molar-refractivity contribution in [2.75, 3.05) is 0 Å². The van der Waals surface area contributed by atoms with Crippen molar-refractivity contribution >= 4 is 22.7 Å². The maximum absolute atomic E-state index is 13.6. The molecule has 0 spiro atoms. The van der Waals surface area contributed by atoms with Crippen LogP contribution in [0.1, 0.15) is 5.56 Å². The minimum atomic E-state index is -0.744. The van der Waals surface area contributed by atoms with Crippen LogP contribution in [0.15, 0.2) is 59.6 Å². The first kappa shape index (κ1) is 13.2. The van der Waals surface area contributed by atoms with Gasteiger partial charge in [0.25, 0.3) is 0 Å². The Bertz CT molecular complexity index is 843. The molecule has 0 aromatic heterocycles. The maximum Gasteiger partial charge on any atom is 0.151 e. The molecule has 0 bridgehead atoms. The van der Waals surface area contributed by atoms with E-state index in [2.05, 4.69) is 4.99 Å². The monoisotopic (exact) mass is 283 g/mol. The van der Waals surface area contributed by atoms with Crippen LogP contribution in [-0.2, 0) is 0 Å². The normalized spacial score (nSPS) is 11.3. The van der Waals surface area contributed by atoms with Crippen molar-refractivity contribution < 1.29 is 13.9 Å². The Morgan fingerprint density at radius 3 is 2.57 bits per heavy atom. The molecule has 0 radical (unpaired) electrons. The molecule has 0 heterocycles. The number of hydrogen-bond donors (Lipinski definition) is 1. The molecule has 0 amide bonds. The number of aliphatic imine (C=N–C) groups is 1. The van der Waals surface area contributed by atoms with Gasteiger partial charge in [-0.15, -0.1) is 0 Å². The van der Waals surface area contributed by atoms with Crippen LogP contribution in [0.5, 0.6) is 5.75 Å². The second-order valence-corrected chi connectivity index (χ2v) is 4.57. The number of hydrogen-bond acceptors (Lipinski definition) is 2. The van der Waals surface area contributed by atoms with Crippen LogP contribution in [0, 0.1) is 11.6 Å². The summed E-state index contributed by atoms with van der Waals surface area (Å²) in [7, 11) is 0. The van der Waals surface area contributed by atoms with Gasteiger partial charge in [-0.25, -0.2) is 8.78 Å². The van der Waals surface area contributed by atoms with Crippen molar-refractivity contribution in [2.24, 2.45) is 4.99 Å². The average molecular weight is 283 g/mol. The Balaban J connectivity index is 2.09. The fourth-order valence-electron chi connectivity index (χ4n) is 2.14. The second kappa shape index (κ2) is 5.32. The Morgan fingerprint density at radius 2 is 1.76 bits per heavy atom. The molecular formula is C17H11F2NO. The predicted octanol–water partition coefficient (Wildman–Crippen LogP) is 4.57. The van der Waals surface area contributed by atoms with Gasteiger partial charge in [0.15, 0.2) is 5.82 Å². The molecular weight excluding hydrogens is 272 g/mol. The lowest BCUT2D eigenvalue weighted by atomic mass is 10.0. The Labute approximate surface area is 120 Å². The van der Waals surface area contributed by atoms with Gasteiger partial charge in [0, 0.05) is 17.8 Å². The summed E-state index contributed by atoms with van der Waals surface area (Å²) in [5.41, 5.74) is 0.514. The van der Waals surface area contributed by atoms with E-state index in [4.69, 9.17) is 0 Å². The molecule has 1 N–H and O–H groups in total. The highest BCUT2D eigenvalue weighted by Crippen LogP contribution is 2.26. The Morgan fingerprint density at radius 1 is 0.952 bits per heavy atom. The molecule has 2 nitrogen and oxygen atoms in total. The summed E-state index contributed by atoms with van der Waals surface area (Å²) < 4.78 is 26.4.